The van der Waals surface area contributed by atoms with E-state index in [1.165, 1.54) is 12.1 Å². The van der Waals surface area contributed by atoms with Crippen LogP contribution in [0.25, 0.3) is 32.9 Å². The molecule has 0 aliphatic carbocycles. The van der Waals surface area contributed by atoms with E-state index in [0.29, 0.717) is 10.6 Å². The molecule has 4 aromatic carbocycles. The molecule has 0 fully saturated rings. The van der Waals surface area contributed by atoms with E-state index >= 15 is 0 Å². The van der Waals surface area contributed by atoms with Crippen LogP contribution < -0.4 is 0 Å². The molecule has 1 heterocycles. The molecule has 0 unspecified atom stereocenters. The predicted molar refractivity (Wildman–Crippen MR) is 117 cm³/mol. The molecule has 0 spiro atoms. The van der Waals surface area contributed by atoms with Gasteiger partial charge < -0.3 is 0 Å². The number of aromatic nitrogens is 3. The lowest BCUT2D eigenvalue weighted by molar-refractivity contribution is 0.628. The summed E-state index contributed by atoms with van der Waals surface area (Å²) in [5, 5.41) is 16.2. The van der Waals surface area contributed by atoms with Gasteiger partial charge in [-0.2, -0.15) is 14.9 Å². The second-order valence-electron chi connectivity index (χ2n) is 6.65. The van der Waals surface area contributed by atoms with Crippen LogP contribution in [0, 0.1) is 10.6 Å². The van der Waals surface area contributed by atoms with Gasteiger partial charge in [-0.1, -0.05) is 48.5 Å². The Hall–Kier alpha value is -3.64. The van der Waals surface area contributed by atoms with Gasteiger partial charge >= 0.3 is 0 Å². The monoisotopic (exact) mass is 398 g/mol. The van der Waals surface area contributed by atoms with Crippen molar-refractivity contribution in [2.75, 3.05) is 0 Å². The summed E-state index contributed by atoms with van der Waals surface area (Å²) in [4.78, 5) is 0. The van der Waals surface area contributed by atoms with Crippen LogP contribution in [0.1, 0.15) is 5.56 Å². The molecule has 0 aliphatic rings. The van der Waals surface area contributed by atoms with Gasteiger partial charge in [-0.3, -0.25) is 0 Å². The summed E-state index contributed by atoms with van der Waals surface area (Å²) in [6.45, 7) is 0. The Labute approximate surface area is 170 Å². The third-order valence-corrected chi connectivity index (χ3v) is 5.13. The Bertz CT molecular complexity index is 1380. The fourth-order valence-electron chi connectivity index (χ4n) is 3.49. The summed E-state index contributed by atoms with van der Waals surface area (Å²) in [7, 11) is 0. The van der Waals surface area contributed by atoms with Crippen LogP contribution in [0.5, 0.6) is 0 Å². The van der Waals surface area contributed by atoms with E-state index in [0.717, 1.165) is 32.7 Å². The molecule has 29 heavy (non-hydrogen) atoms. The Balaban J connectivity index is 1.70. The zero-order chi connectivity index (χ0) is 19.8. The van der Waals surface area contributed by atoms with Gasteiger partial charge in [0.1, 0.15) is 5.82 Å². The van der Waals surface area contributed by atoms with Crippen molar-refractivity contribution in [1.82, 2.24) is 14.9 Å². The molecule has 1 N–H and O–H groups in total. The predicted octanol–water partition coefficient (Wildman–Crippen LogP) is 5.94. The quantitative estimate of drug-likeness (QED) is 0.232. The highest BCUT2D eigenvalue weighted by Gasteiger charge is 2.10. The van der Waals surface area contributed by atoms with E-state index in [4.69, 9.17) is 12.2 Å². The van der Waals surface area contributed by atoms with E-state index in [-0.39, 0.29) is 5.82 Å². The van der Waals surface area contributed by atoms with Crippen molar-refractivity contribution in [3.8, 4) is 11.4 Å². The van der Waals surface area contributed by atoms with Crippen LogP contribution in [0.3, 0.4) is 0 Å². The van der Waals surface area contributed by atoms with Crippen molar-refractivity contribution < 1.29 is 4.39 Å². The second kappa shape index (κ2) is 7.07. The van der Waals surface area contributed by atoms with Crippen LogP contribution in [0.4, 0.5) is 4.39 Å². The second-order valence-corrected chi connectivity index (χ2v) is 7.03. The maximum atomic E-state index is 13.3. The Morgan fingerprint density at radius 1 is 0.897 bits per heavy atom. The zero-order valence-corrected chi connectivity index (χ0v) is 16.0. The van der Waals surface area contributed by atoms with Gasteiger partial charge in [-0.15, -0.1) is 0 Å². The summed E-state index contributed by atoms with van der Waals surface area (Å²) in [5.74, 6) is 0.218. The third kappa shape index (κ3) is 3.13. The highest BCUT2D eigenvalue weighted by molar-refractivity contribution is 7.71. The van der Waals surface area contributed by atoms with Gasteiger partial charge in [0.05, 0.1) is 6.21 Å². The van der Waals surface area contributed by atoms with Crippen LogP contribution in [0.2, 0.25) is 0 Å². The first-order valence-electron chi connectivity index (χ1n) is 9.09. The summed E-state index contributed by atoms with van der Waals surface area (Å²) in [5.41, 5.74) is 1.73. The van der Waals surface area contributed by atoms with E-state index in [9.17, 15) is 4.39 Å². The molecule has 5 aromatic rings. The van der Waals surface area contributed by atoms with E-state index in [1.807, 2.05) is 30.5 Å². The smallest absolute Gasteiger partial charge is 0.216 e. The summed E-state index contributed by atoms with van der Waals surface area (Å²) >= 11 is 5.36. The van der Waals surface area contributed by atoms with Crippen LogP contribution in [-0.4, -0.2) is 21.1 Å². The minimum absolute atomic E-state index is 0.305. The SMILES string of the molecule is Fc1ccc(-c2n[nH]c(=S)n2/N=C/c2c3ccccc3cc3ccccc23)cc1. The molecular formula is C23H15FN4S. The van der Waals surface area contributed by atoms with Crippen LogP contribution >= 0.6 is 12.2 Å². The first kappa shape index (κ1) is 17.5. The highest BCUT2D eigenvalue weighted by Crippen LogP contribution is 2.27. The Morgan fingerprint density at radius 3 is 2.17 bits per heavy atom. The van der Waals surface area contributed by atoms with Crippen molar-refractivity contribution in [1.29, 1.82) is 0 Å². The molecule has 4 nitrogen and oxygen atoms in total. The molecule has 1 aromatic heterocycles. The van der Waals surface area contributed by atoms with Gasteiger partial charge in [0.2, 0.25) is 4.77 Å². The first-order chi connectivity index (χ1) is 14.2. The zero-order valence-electron chi connectivity index (χ0n) is 15.2. The van der Waals surface area contributed by atoms with E-state index < -0.39 is 0 Å². The maximum absolute atomic E-state index is 13.3. The lowest BCUT2D eigenvalue weighted by atomic mass is 9.97. The number of hydrogen-bond donors (Lipinski definition) is 1. The van der Waals surface area contributed by atoms with E-state index in [1.54, 1.807) is 16.8 Å². The molecule has 5 rings (SSSR count). The number of H-pyrrole nitrogens is 1. The van der Waals surface area contributed by atoms with Crippen molar-refractivity contribution in [3.05, 3.63) is 95.0 Å². The highest BCUT2D eigenvalue weighted by atomic mass is 32.1. The molecule has 0 atom stereocenters. The third-order valence-electron chi connectivity index (χ3n) is 4.87. The molecule has 0 amide bonds. The molecule has 0 bridgehead atoms. The standard InChI is InChI=1S/C23H15FN4S/c24-18-11-9-15(10-12-18)22-26-27-23(29)28(22)25-14-21-19-7-3-1-5-16(19)13-17-6-2-4-8-20(17)21/h1-14H,(H,27,29)/b25-14+. The Morgan fingerprint density at radius 2 is 1.52 bits per heavy atom. The first-order valence-corrected chi connectivity index (χ1v) is 9.50. The van der Waals surface area contributed by atoms with Gasteiger partial charge in [-0.05, 0) is 64.1 Å². The number of benzene rings is 4. The maximum Gasteiger partial charge on any atom is 0.216 e. The van der Waals surface area contributed by atoms with Crippen molar-refractivity contribution in [2.45, 2.75) is 0 Å². The number of aromatic amines is 1. The van der Waals surface area contributed by atoms with Gasteiger partial charge in [0.15, 0.2) is 5.82 Å². The molecule has 0 saturated heterocycles. The molecule has 0 aliphatic heterocycles. The molecule has 0 radical (unpaired) electrons. The number of hydrogen-bond acceptors (Lipinski definition) is 3. The topological polar surface area (TPSA) is 46.0 Å². The number of halogens is 1. The van der Waals surface area contributed by atoms with Gasteiger partial charge in [-0.25, -0.2) is 9.49 Å². The summed E-state index contributed by atoms with van der Waals surface area (Å²) in [6.07, 6.45) is 1.81. The minimum Gasteiger partial charge on any atom is -0.250 e. The van der Waals surface area contributed by atoms with E-state index in [2.05, 4.69) is 45.6 Å². The number of nitrogens with zero attached hydrogens (tertiary/aromatic N) is 3. The molecule has 140 valence electrons. The van der Waals surface area contributed by atoms with Crippen molar-refractivity contribution in [3.63, 3.8) is 0 Å². The van der Waals surface area contributed by atoms with Crippen molar-refractivity contribution >= 4 is 40.0 Å². The lowest BCUT2D eigenvalue weighted by Gasteiger charge is -2.08. The number of nitrogens with one attached hydrogen (secondary N) is 1. The van der Waals surface area contributed by atoms with Crippen molar-refractivity contribution in [2.24, 2.45) is 5.10 Å². The number of rotatable bonds is 3. The normalized spacial score (nSPS) is 11.6. The molecule has 0 saturated carbocycles. The fraction of sp³-hybridized carbons (Fsp3) is 0. The number of fused-ring (bicyclic) bond motifs is 2. The fourth-order valence-corrected chi connectivity index (χ4v) is 3.67. The van der Waals surface area contributed by atoms with Gasteiger partial charge in [0.25, 0.3) is 0 Å². The average Bonchev–Trinajstić information content (AvgIpc) is 3.12. The van der Waals surface area contributed by atoms with Crippen LogP contribution in [-0.2, 0) is 0 Å². The Kier molecular flexibility index (Phi) is 4.26. The summed E-state index contributed by atoms with van der Waals surface area (Å²) in [6, 6.07) is 24.7. The molecular weight excluding hydrogens is 383 g/mol. The lowest BCUT2D eigenvalue weighted by Crippen LogP contribution is -1.96. The summed E-state index contributed by atoms with van der Waals surface area (Å²) < 4.78 is 15.2. The minimum atomic E-state index is -0.305. The molecule has 6 heteroatoms. The average molecular weight is 398 g/mol. The van der Waals surface area contributed by atoms with Crippen LogP contribution in [0.15, 0.2) is 84.0 Å². The largest absolute Gasteiger partial charge is 0.250 e. The van der Waals surface area contributed by atoms with Gasteiger partial charge in [0, 0.05) is 11.1 Å².